The second-order valence-corrected chi connectivity index (χ2v) is 3.83. The predicted molar refractivity (Wildman–Crippen MR) is 52.7 cm³/mol. The lowest BCUT2D eigenvalue weighted by atomic mass is 10.2. The molecule has 1 nitrogen and oxygen atoms in total. The Bertz CT molecular complexity index is 80.2. The van der Waals surface area contributed by atoms with Crippen LogP contribution < -0.4 is 0 Å². The van der Waals surface area contributed by atoms with Crippen LogP contribution in [0.4, 0.5) is 0 Å². The maximum Gasteiger partial charge on any atom is 0.0351 e. The van der Waals surface area contributed by atoms with Gasteiger partial charge in [-0.3, -0.25) is 0 Å². The molecule has 0 bridgehead atoms. The third-order valence-corrected chi connectivity index (χ3v) is 1.76. The van der Waals surface area contributed by atoms with Crippen LogP contribution in [0, 0.1) is 5.92 Å². The predicted octanol–water partition coefficient (Wildman–Crippen LogP) is 2.42. The summed E-state index contributed by atoms with van der Waals surface area (Å²) in [6, 6.07) is 0. The number of rotatable bonds is 6. The van der Waals surface area contributed by atoms with E-state index in [2.05, 4.69) is 18.7 Å². The Morgan fingerprint density at radius 2 is 1.55 bits per heavy atom. The molecule has 0 rings (SSSR count). The van der Waals surface area contributed by atoms with Crippen molar-refractivity contribution in [1.82, 2.24) is 4.90 Å². The van der Waals surface area contributed by atoms with Gasteiger partial charge in [0, 0.05) is 31.4 Å². The van der Waals surface area contributed by atoms with Gasteiger partial charge >= 0.3 is 0 Å². The lowest BCUT2D eigenvalue weighted by molar-refractivity contribution is 0.272. The van der Waals surface area contributed by atoms with Crippen molar-refractivity contribution >= 4 is 23.2 Å². The molecular weight excluding hydrogens is 181 g/mol. The van der Waals surface area contributed by atoms with Crippen molar-refractivity contribution in [3.63, 3.8) is 0 Å². The van der Waals surface area contributed by atoms with Gasteiger partial charge in [-0.15, -0.1) is 23.2 Å². The number of hydrogen-bond acceptors (Lipinski definition) is 1. The van der Waals surface area contributed by atoms with Crippen LogP contribution in [-0.4, -0.2) is 36.3 Å². The molecule has 0 radical (unpaired) electrons. The Kier molecular flexibility index (Phi) is 7.56. The minimum atomic E-state index is 0.696. The molecule has 0 aliphatic heterocycles. The highest BCUT2D eigenvalue weighted by Gasteiger charge is 2.04. The van der Waals surface area contributed by atoms with Crippen LogP contribution in [-0.2, 0) is 0 Å². The van der Waals surface area contributed by atoms with Crippen LogP contribution in [0.15, 0.2) is 0 Å². The number of halogens is 2. The molecule has 68 valence electrons. The van der Waals surface area contributed by atoms with E-state index in [0.717, 1.165) is 19.6 Å². The molecule has 0 spiro atoms. The van der Waals surface area contributed by atoms with Gasteiger partial charge in [0.1, 0.15) is 0 Å². The van der Waals surface area contributed by atoms with Crippen molar-refractivity contribution in [2.75, 3.05) is 31.4 Å². The minimum Gasteiger partial charge on any atom is -0.301 e. The molecule has 0 aromatic carbocycles. The van der Waals surface area contributed by atoms with E-state index in [4.69, 9.17) is 23.2 Å². The fraction of sp³-hybridized carbons (Fsp3) is 1.00. The Balaban J connectivity index is 3.50. The van der Waals surface area contributed by atoms with Crippen LogP contribution in [0.5, 0.6) is 0 Å². The zero-order valence-electron chi connectivity index (χ0n) is 7.32. The average Bonchev–Trinajstić information content (AvgIpc) is 1.87. The van der Waals surface area contributed by atoms with E-state index in [1.807, 2.05) is 0 Å². The average molecular weight is 198 g/mol. The van der Waals surface area contributed by atoms with E-state index < -0.39 is 0 Å². The molecule has 0 aromatic heterocycles. The van der Waals surface area contributed by atoms with Crippen molar-refractivity contribution in [1.29, 1.82) is 0 Å². The van der Waals surface area contributed by atoms with Crippen LogP contribution in [0.1, 0.15) is 13.8 Å². The third-order valence-electron chi connectivity index (χ3n) is 1.42. The molecule has 0 saturated heterocycles. The van der Waals surface area contributed by atoms with E-state index in [1.54, 1.807) is 0 Å². The summed E-state index contributed by atoms with van der Waals surface area (Å²) in [5.74, 6) is 2.09. The van der Waals surface area contributed by atoms with Crippen molar-refractivity contribution in [2.24, 2.45) is 5.92 Å². The lowest BCUT2D eigenvalue weighted by Gasteiger charge is -2.21. The van der Waals surface area contributed by atoms with Gasteiger partial charge in [-0.25, -0.2) is 0 Å². The van der Waals surface area contributed by atoms with E-state index >= 15 is 0 Å². The molecule has 0 aromatic rings. The van der Waals surface area contributed by atoms with Crippen LogP contribution in [0.3, 0.4) is 0 Å². The second-order valence-electron chi connectivity index (χ2n) is 3.07. The SMILES string of the molecule is CC(C)CN(CCCl)CCCl. The topological polar surface area (TPSA) is 3.24 Å². The fourth-order valence-electron chi connectivity index (χ4n) is 1.05. The van der Waals surface area contributed by atoms with Crippen LogP contribution >= 0.6 is 23.2 Å². The highest BCUT2D eigenvalue weighted by atomic mass is 35.5. The van der Waals surface area contributed by atoms with Gasteiger partial charge in [-0.1, -0.05) is 13.8 Å². The standard InChI is InChI=1S/C8H17Cl2N/c1-8(2)7-11(5-3-9)6-4-10/h8H,3-7H2,1-2H3. The number of nitrogens with zero attached hydrogens (tertiary/aromatic N) is 1. The van der Waals surface area contributed by atoms with Crippen LogP contribution in [0.2, 0.25) is 0 Å². The molecule has 0 atom stereocenters. The van der Waals surface area contributed by atoms with Crippen molar-refractivity contribution in [2.45, 2.75) is 13.8 Å². The summed E-state index contributed by atoms with van der Waals surface area (Å²) in [5.41, 5.74) is 0. The molecule has 11 heavy (non-hydrogen) atoms. The number of alkyl halides is 2. The van der Waals surface area contributed by atoms with Crippen molar-refractivity contribution < 1.29 is 0 Å². The molecular formula is C8H17Cl2N. The molecule has 0 amide bonds. The Morgan fingerprint density at radius 3 is 1.82 bits per heavy atom. The molecule has 0 fully saturated rings. The highest BCUT2D eigenvalue weighted by Crippen LogP contribution is 1.99. The normalized spacial score (nSPS) is 11.5. The summed E-state index contributed by atoms with van der Waals surface area (Å²) in [4.78, 5) is 2.30. The van der Waals surface area contributed by atoms with Gasteiger partial charge in [-0.05, 0) is 5.92 Å². The molecule has 0 N–H and O–H groups in total. The molecule has 0 heterocycles. The first-order valence-corrected chi connectivity index (χ1v) is 5.12. The molecule has 0 unspecified atom stereocenters. The summed E-state index contributed by atoms with van der Waals surface area (Å²) in [6.07, 6.45) is 0. The van der Waals surface area contributed by atoms with Crippen molar-refractivity contribution in [3.05, 3.63) is 0 Å². The first kappa shape index (κ1) is 11.5. The third kappa shape index (κ3) is 6.92. The van der Waals surface area contributed by atoms with E-state index in [-0.39, 0.29) is 0 Å². The highest BCUT2D eigenvalue weighted by molar-refractivity contribution is 6.18. The largest absolute Gasteiger partial charge is 0.301 e. The first-order chi connectivity index (χ1) is 5.20. The van der Waals surface area contributed by atoms with Gasteiger partial charge < -0.3 is 4.90 Å². The maximum atomic E-state index is 5.63. The number of hydrogen-bond donors (Lipinski definition) is 0. The Labute approximate surface area is 79.7 Å². The van der Waals surface area contributed by atoms with Crippen LogP contribution in [0.25, 0.3) is 0 Å². The molecule has 0 saturated carbocycles. The second kappa shape index (κ2) is 7.20. The molecule has 0 aliphatic carbocycles. The van der Waals surface area contributed by atoms with Crippen molar-refractivity contribution in [3.8, 4) is 0 Å². The fourth-order valence-corrected chi connectivity index (χ4v) is 1.53. The quantitative estimate of drug-likeness (QED) is 0.592. The summed E-state index contributed by atoms with van der Waals surface area (Å²) in [7, 11) is 0. The van der Waals surface area contributed by atoms with E-state index in [1.165, 1.54) is 0 Å². The van der Waals surface area contributed by atoms with Gasteiger partial charge in [0.2, 0.25) is 0 Å². The molecule has 0 aliphatic rings. The lowest BCUT2D eigenvalue weighted by Crippen LogP contribution is -2.31. The van der Waals surface area contributed by atoms with E-state index in [9.17, 15) is 0 Å². The maximum absolute atomic E-state index is 5.63. The van der Waals surface area contributed by atoms with Gasteiger partial charge in [0.15, 0.2) is 0 Å². The van der Waals surface area contributed by atoms with Gasteiger partial charge in [0.25, 0.3) is 0 Å². The summed E-state index contributed by atoms with van der Waals surface area (Å²) in [6.45, 7) is 7.41. The summed E-state index contributed by atoms with van der Waals surface area (Å²) in [5, 5.41) is 0. The smallest absolute Gasteiger partial charge is 0.0351 e. The monoisotopic (exact) mass is 197 g/mol. The zero-order chi connectivity index (χ0) is 8.69. The van der Waals surface area contributed by atoms with Gasteiger partial charge in [0.05, 0.1) is 0 Å². The minimum absolute atomic E-state index is 0.696. The Morgan fingerprint density at radius 1 is 1.09 bits per heavy atom. The summed E-state index contributed by atoms with van der Waals surface area (Å²) < 4.78 is 0. The zero-order valence-corrected chi connectivity index (χ0v) is 8.83. The first-order valence-electron chi connectivity index (χ1n) is 4.05. The summed E-state index contributed by atoms with van der Waals surface area (Å²) >= 11 is 11.3. The molecule has 3 heteroatoms. The van der Waals surface area contributed by atoms with Gasteiger partial charge in [-0.2, -0.15) is 0 Å². The van der Waals surface area contributed by atoms with E-state index in [0.29, 0.717) is 17.7 Å². The Hall–Kier alpha value is 0.540.